The van der Waals surface area contributed by atoms with Gasteiger partial charge in [-0.3, -0.25) is 4.57 Å². The lowest BCUT2D eigenvalue weighted by Gasteiger charge is -2.02. The Hall–Kier alpha value is -2.10. The fourth-order valence-corrected chi connectivity index (χ4v) is 1.44. The summed E-state index contributed by atoms with van der Waals surface area (Å²) < 4.78 is 3.04. The number of aromatic nitrogens is 2. The van der Waals surface area contributed by atoms with Crippen LogP contribution in [0.3, 0.4) is 0 Å². The van der Waals surface area contributed by atoms with Crippen molar-refractivity contribution in [3.05, 3.63) is 58.6 Å². The van der Waals surface area contributed by atoms with Gasteiger partial charge in [-0.25, -0.2) is 9.79 Å². The summed E-state index contributed by atoms with van der Waals surface area (Å²) in [7, 11) is 3.43. The number of hydrogen-bond acceptors (Lipinski definition) is 2. The molecule has 2 rings (SSSR count). The standard InChI is InChI=1S/C12H13N3O/c1-14-9-8-11(15(2)12(14)16)13-10-6-4-3-5-7-10/h3-9H,1-2H3. The first-order valence-electron chi connectivity index (χ1n) is 5.01. The van der Waals surface area contributed by atoms with Gasteiger partial charge in [-0.05, 0) is 18.2 Å². The largest absolute Gasteiger partial charge is 0.329 e. The second-order valence-corrected chi connectivity index (χ2v) is 3.57. The van der Waals surface area contributed by atoms with E-state index in [1.54, 1.807) is 20.3 Å². The van der Waals surface area contributed by atoms with Crippen LogP contribution in [0, 0.1) is 0 Å². The molecule has 1 aromatic carbocycles. The second-order valence-electron chi connectivity index (χ2n) is 3.57. The Kier molecular flexibility index (Phi) is 2.72. The van der Waals surface area contributed by atoms with Gasteiger partial charge in [-0.15, -0.1) is 0 Å². The van der Waals surface area contributed by atoms with E-state index in [0.717, 1.165) is 5.69 Å². The van der Waals surface area contributed by atoms with E-state index < -0.39 is 0 Å². The molecule has 1 heterocycles. The Morgan fingerprint density at radius 1 is 1.06 bits per heavy atom. The zero-order valence-corrected chi connectivity index (χ0v) is 9.29. The predicted octanol–water partition coefficient (Wildman–Crippen LogP) is 0.956. The Bertz CT molecular complexity index is 608. The lowest BCUT2D eigenvalue weighted by Crippen LogP contribution is -2.36. The molecule has 0 saturated carbocycles. The van der Waals surface area contributed by atoms with Crippen LogP contribution >= 0.6 is 0 Å². The van der Waals surface area contributed by atoms with Gasteiger partial charge in [0, 0.05) is 20.3 Å². The van der Waals surface area contributed by atoms with Gasteiger partial charge in [0.15, 0.2) is 0 Å². The smallest absolute Gasteiger partial charge is 0.304 e. The molecule has 0 aliphatic rings. The summed E-state index contributed by atoms with van der Waals surface area (Å²) in [6.45, 7) is 0. The van der Waals surface area contributed by atoms with Crippen molar-refractivity contribution >= 4 is 5.69 Å². The molecule has 0 amide bonds. The maximum absolute atomic E-state index is 11.6. The molecule has 4 heteroatoms. The maximum Gasteiger partial charge on any atom is 0.329 e. The molecule has 0 N–H and O–H groups in total. The van der Waals surface area contributed by atoms with Crippen LogP contribution in [0.25, 0.3) is 0 Å². The first kappa shape index (κ1) is 10.4. The number of hydrogen-bond donors (Lipinski definition) is 0. The minimum Gasteiger partial charge on any atom is -0.304 e. The highest BCUT2D eigenvalue weighted by atomic mass is 16.1. The van der Waals surface area contributed by atoms with Crippen LogP contribution in [0.2, 0.25) is 0 Å². The molecular formula is C12H13N3O. The van der Waals surface area contributed by atoms with Crippen LogP contribution in [0.15, 0.2) is 52.4 Å². The molecule has 0 aliphatic heterocycles. The Balaban J connectivity index is 2.62. The third kappa shape index (κ3) is 1.95. The molecule has 82 valence electrons. The van der Waals surface area contributed by atoms with Crippen molar-refractivity contribution in [2.45, 2.75) is 0 Å². The van der Waals surface area contributed by atoms with Crippen LogP contribution in [0.4, 0.5) is 5.69 Å². The molecule has 0 aliphatic carbocycles. The molecule has 0 fully saturated rings. The van der Waals surface area contributed by atoms with Gasteiger partial charge >= 0.3 is 5.69 Å². The lowest BCUT2D eigenvalue weighted by atomic mass is 10.3. The summed E-state index contributed by atoms with van der Waals surface area (Å²) in [5.41, 5.74) is 1.40. The number of aryl methyl sites for hydroxylation is 1. The SMILES string of the molecule is Cn1ccc(=Nc2ccccc2)n(C)c1=O. The molecule has 1 aromatic heterocycles. The van der Waals surface area contributed by atoms with Gasteiger partial charge in [-0.1, -0.05) is 18.2 Å². The van der Waals surface area contributed by atoms with Crippen molar-refractivity contribution in [1.29, 1.82) is 0 Å². The van der Waals surface area contributed by atoms with E-state index in [4.69, 9.17) is 0 Å². The topological polar surface area (TPSA) is 39.3 Å². The fourth-order valence-electron chi connectivity index (χ4n) is 1.44. The Morgan fingerprint density at radius 2 is 1.75 bits per heavy atom. The number of rotatable bonds is 1. The van der Waals surface area contributed by atoms with E-state index in [2.05, 4.69) is 4.99 Å². The highest BCUT2D eigenvalue weighted by molar-refractivity contribution is 5.35. The number of nitrogens with zero attached hydrogens (tertiary/aromatic N) is 3. The zero-order chi connectivity index (χ0) is 11.5. The molecule has 4 nitrogen and oxygen atoms in total. The van der Waals surface area contributed by atoms with Crippen molar-refractivity contribution < 1.29 is 0 Å². The number of para-hydroxylation sites is 1. The zero-order valence-electron chi connectivity index (χ0n) is 9.29. The quantitative estimate of drug-likeness (QED) is 0.698. The third-order valence-corrected chi connectivity index (χ3v) is 2.38. The summed E-state index contributed by atoms with van der Waals surface area (Å²) in [5.74, 6) is 0. The van der Waals surface area contributed by atoms with Crippen LogP contribution < -0.4 is 11.2 Å². The van der Waals surface area contributed by atoms with Crippen molar-refractivity contribution in [2.75, 3.05) is 0 Å². The maximum atomic E-state index is 11.6. The molecule has 0 spiro atoms. The summed E-state index contributed by atoms with van der Waals surface area (Å²) in [6.07, 6.45) is 1.71. The van der Waals surface area contributed by atoms with Gasteiger partial charge in [-0.2, -0.15) is 0 Å². The average molecular weight is 215 g/mol. The summed E-state index contributed by atoms with van der Waals surface area (Å²) in [6, 6.07) is 11.4. The van der Waals surface area contributed by atoms with E-state index in [-0.39, 0.29) is 5.69 Å². The second kappa shape index (κ2) is 4.18. The van der Waals surface area contributed by atoms with E-state index in [1.165, 1.54) is 9.13 Å². The molecule has 0 unspecified atom stereocenters. The molecule has 2 aromatic rings. The molecule has 0 bridgehead atoms. The van der Waals surface area contributed by atoms with Crippen LogP contribution in [-0.4, -0.2) is 9.13 Å². The van der Waals surface area contributed by atoms with E-state index >= 15 is 0 Å². The van der Waals surface area contributed by atoms with E-state index in [9.17, 15) is 4.79 Å². The molecule has 16 heavy (non-hydrogen) atoms. The minimum absolute atomic E-state index is 0.0859. The van der Waals surface area contributed by atoms with Crippen molar-refractivity contribution in [1.82, 2.24) is 9.13 Å². The van der Waals surface area contributed by atoms with Crippen LogP contribution in [0.5, 0.6) is 0 Å². The number of benzene rings is 1. The molecule has 0 saturated heterocycles. The average Bonchev–Trinajstić information content (AvgIpc) is 2.31. The van der Waals surface area contributed by atoms with E-state index in [0.29, 0.717) is 5.49 Å². The lowest BCUT2D eigenvalue weighted by molar-refractivity contribution is 0.675. The van der Waals surface area contributed by atoms with Crippen LogP contribution in [-0.2, 0) is 14.1 Å². The van der Waals surface area contributed by atoms with Crippen LogP contribution in [0.1, 0.15) is 0 Å². The van der Waals surface area contributed by atoms with Gasteiger partial charge in [0.25, 0.3) is 0 Å². The van der Waals surface area contributed by atoms with Gasteiger partial charge in [0.1, 0.15) is 5.49 Å². The van der Waals surface area contributed by atoms with Crippen molar-refractivity contribution in [3.63, 3.8) is 0 Å². The predicted molar refractivity (Wildman–Crippen MR) is 62.3 cm³/mol. The summed E-state index contributed by atoms with van der Waals surface area (Å²) in [5, 5.41) is 0. The fraction of sp³-hybridized carbons (Fsp3) is 0.167. The highest BCUT2D eigenvalue weighted by Gasteiger charge is 1.95. The molecule has 0 atom stereocenters. The monoisotopic (exact) mass is 215 g/mol. The first-order valence-corrected chi connectivity index (χ1v) is 5.01. The molecular weight excluding hydrogens is 202 g/mol. The van der Waals surface area contributed by atoms with Crippen molar-refractivity contribution in [2.24, 2.45) is 19.1 Å². The molecule has 0 radical (unpaired) electrons. The summed E-state index contributed by atoms with van der Waals surface area (Å²) >= 11 is 0. The van der Waals surface area contributed by atoms with Crippen molar-refractivity contribution in [3.8, 4) is 0 Å². The van der Waals surface area contributed by atoms with Gasteiger partial charge < -0.3 is 4.57 Å². The van der Waals surface area contributed by atoms with Gasteiger partial charge in [0.2, 0.25) is 0 Å². The Labute approximate surface area is 93.1 Å². The van der Waals surface area contributed by atoms with E-state index in [1.807, 2.05) is 36.4 Å². The minimum atomic E-state index is -0.0859. The van der Waals surface area contributed by atoms with Gasteiger partial charge in [0.05, 0.1) is 5.69 Å². The normalized spacial score (nSPS) is 11.8. The Morgan fingerprint density at radius 3 is 2.44 bits per heavy atom. The highest BCUT2D eigenvalue weighted by Crippen LogP contribution is 2.07. The first-order chi connectivity index (χ1) is 7.68. The summed E-state index contributed by atoms with van der Waals surface area (Å²) in [4.78, 5) is 16.0. The third-order valence-electron chi connectivity index (χ3n) is 2.38.